The van der Waals surface area contributed by atoms with Gasteiger partial charge in [-0.2, -0.15) is 5.06 Å². The van der Waals surface area contributed by atoms with E-state index in [1.165, 1.54) is 31.5 Å². The van der Waals surface area contributed by atoms with Crippen molar-refractivity contribution in [1.29, 1.82) is 0 Å². The molecule has 0 amide bonds. The summed E-state index contributed by atoms with van der Waals surface area (Å²) in [5, 5.41) is 2.16. The molecular formula is C22H31FN6O2. The zero-order chi connectivity index (χ0) is 20.6. The van der Waals surface area contributed by atoms with Crippen molar-refractivity contribution < 1.29 is 14.7 Å². The molecule has 0 radical (unpaired) electrons. The van der Waals surface area contributed by atoms with Gasteiger partial charge >= 0.3 is 0 Å². The van der Waals surface area contributed by atoms with Gasteiger partial charge in [0.15, 0.2) is 0 Å². The topological polar surface area (TPSA) is 89.1 Å². The third kappa shape index (κ3) is 4.41. The van der Waals surface area contributed by atoms with Crippen molar-refractivity contribution in [2.45, 2.75) is 32.2 Å². The summed E-state index contributed by atoms with van der Waals surface area (Å²) in [4.78, 5) is 23.5. The Bertz CT molecular complexity index is 872. The molecule has 0 aromatic carbocycles. The van der Waals surface area contributed by atoms with Crippen molar-refractivity contribution in [2.75, 3.05) is 50.8 Å². The first-order valence-corrected chi connectivity index (χ1v) is 10.9. The first-order valence-electron chi connectivity index (χ1n) is 10.9. The summed E-state index contributed by atoms with van der Waals surface area (Å²) in [7, 11) is 0. The molecule has 1 saturated carbocycles. The van der Waals surface area contributed by atoms with Crippen LogP contribution in [0, 0.1) is 11.2 Å². The standard InChI is InChI=1S/C22H29FN6O.H2O/c1-2-30-29-6-3-22(16-29)12-18(13-22)27-7-9-28(10-8-27)21-19(11-17(23)14-26-21)20-15-24-4-5-25-20;/h4-5,11,14-15,18H,2-3,6-10,12-13,16H2,1H3;1H2. The summed E-state index contributed by atoms with van der Waals surface area (Å²) in [6.07, 6.45) is 10.0. The molecule has 4 heterocycles. The molecule has 2 saturated heterocycles. The van der Waals surface area contributed by atoms with Crippen LogP contribution < -0.4 is 4.90 Å². The van der Waals surface area contributed by atoms with Gasteiger partial charge in [-0.3, -0.25) is 19.7 Å². The molecule has 0 atom stereocenters. The molecule has 9 heteroatoms. The first kappa shape index (κ1) is 22.0. The zero-order valence-corrected chi connectivity index (χ0v) is 18.0. The molecule has 3 fully saturated rings. The molecular weight excluding hydrogens is 399 g/mol. The van der Waals surface area contributed by atoms with Crippen LogP contribution in [0.2, 0.25) is 0 Å². The van der Waals surface area contributed by atoms with E-state index in [-0.39, 0.29) is 11.3 Å². The minimum Gasteiger partial charge on any atom is -0.412 e. The highest BCUT2D eigenvalue weighted by atomic mass is 19.1. The monoisotopic (exact) mass is 430 g/mol. The number of pyridine rings is 1. The first-order chi connectivity index (χ1) is 14.7. The van der Waals surface area contributed by atoms with Gasteiger partial charge in [-0.15, -0.1) is 0 Å². The highest BCUT2D eigenvalue weighted by Crippen LogP contribution is 2.50. The van der Waals surface area contributed by atoms with E-state index in [4.69, 9.17) is 4.84 Å². The number of aromatic nitrogens is 3. The second-order valence-electron chi connectivity index (χ2n) is 8.73. The van der Waals surface area contributed by atoms with Crippen molar-refractivity contribution >= 4 is 5.82 Å². The molecule has 8 nitrogen and oxygen atoms in total. The van der Waals surface area contributed by atoms with Crippen LogP contribution in [-0.4, -0.2) is 82.3 Å². The number of rotatable bonds is 5. The van der Waals surface area contributed by atoms with Crippen LogP contribution in [0.3, 0.4) is 0 Å². The smallest absolute Gasteiger partial charge is 0.142 e. The molecule has 1 aliphatic carbocycles. The van der Waals surface area contributed by atoms with Gasteiger partial charge < -0.3 is 10.4 Å². The SMILES string of the molecule is CCON1CCC2(CC(N3CCN(c4ncc(F)cc4-c4cnccn4)CC3)C2)C1.O. The Morgan fingerprint density at radius 3 is 2.61 bits per heavy atom. The summed E-state index contributed by atoms with van der Waals surface area (Å²) < 4.78 is 13.9. The van der Waals surface area contributed by atoms with Gasteiger partial charge in [0.25, 0.3) is 0 Å². The molecule has 1 spiro atoms. The van der Waals surface area contributed by atoms with Crippen molar-refractivity contribution in [2.24, 2.45) is 5.41 Å². The number of hydroxylamine groups is 2. The molecule has 31 heavy (non-hydrogen) atoms. The fourth-order valence-corrected chi connectivity index (χ4v) is 5.33. The van der Waals surface area contributed by atoms with Crippen molar-refractivity contribution in [3.05, 3.63) is 36.7 Å². The van der Waals surface area contributed by atoms with Gasteiger partial charge in [0.1, 0.15) is 11.6 Å². The Labute approximate surface area is 182 Å². The maximum Gasteiger partial charge on any atom is 0.142 e. The van der Waals surface area contributed by atoms with E-state index in [2.05, 4.69) is 36.7 Å². The Hall–Kier alpha value is -2.20. The number of hydrogen-bond donors (Lipinski definition) is 0. The Kier molecular flexibility index (Phi) is 6.47. The Morgan fingerprint density at radius 1 is 1.10 bits per heavy atom. The number of anilines is 1. The van der Waals surface area contributed by atoms with Gasteiger partial charge in [-0.25, -0.2) is 9.37 Å². The average molecular weight is 431 g/mol. The molecule has 168 valence electrons. The minimum atomic E-state index is -0.351. The lowest BCUT2D eigenvalue weighted by Gasteiger charge is -2.52. The van der Waals surface area contributed by atoms with Crippen LogP contribution in [-0.2, 0) is 4.84 Å². The zero-order valence-electron chi connectivity index (χ0n) is 18.0. The molecule has 2 aliphatic heterocycles. The lowest BCUT2D eigenvalue weighted by Crippen LogP contribution is -2.57. The summed E-state index contributed by atoms with van der Waals surface area (Å²) in [6, 6.07) is 2.19. The fraction of sp³-hybridized carbons (Fsp3) is 0.591. The van der Waals surface area contributed by atoms with Gasteiger partial charge in [0, 0.05) is 63.3 Å². The molecule has 3 aliphatic rings. The predicted octanol–water partition coefficient (Wildman–Crippen LogP) is 1.78. The van der Waals surface area contributed by atoms with Crippen LogP contribution in [0.4, 0.5) is 10.2 Å². The second-order valence-corrected chi connectivity index (χ2v) is 8.73. The summed E-state index contributed by atoms with van der Waals surface area (Å²) >= 11 is 0. The van der Waals surface area contributed by atoms with Crippen molar-refractivity contribution in [3.8, 4) is 11.3 Å². The number of hydrogen-bond acceptors (Lipinski definition) is 7. The van der Waals surface area contributed by atoms with Gasteiger partial charge in [0.2, 0.25) is 0 Å². The van der Waals surface area contributed by atoms with Crippen LogP contribution in [0.1, 0.15) is 26.2 Å². The van der Waals surface area contributed by atoms with Crippen LogP contribution in [0.15, 0.2) is 30.9 Å². The average Bonchev–Trinajstić information content (AvgIpc) is 3.18. The van der Waals surface area contributed by atoms with Crippen molar-refractivity contribution in [3.63, 3.8) is 0 Å². The van der Waals surface area contributed by atoms with E-state index in [0.29, 0.717) is 22.7 Å². The largest absolute Gasteiger partial charge is 0.412 e. The molecule has 2 aromatic rings. The van der Waals surface area contributed by atoms with Crippen molar-refractivity contribution in [1.82, 2.24) is 24.9 Å². The lowest BCUT2D eigenvalue weighted by molar-refractivity contribution is -0.151. The minimum absolute atomic E-state index is 0. The third-order valence-corrected chi connectivity index (χ3v) is 6.85. The van der Waals surface area contributed by atoms with E-state index in [9.17, 15) is 4.39 Å². The molecule has 2 aromatic heterocycles. The van der Waals surface area contributed by atoms with E-state index in [0.717, 1.165) is 51.7 Å². The maximum absolute atomic E-state index is 13.9. The van der Waals surface area contributed by atoms with E-state index < -0.39 is 0 Å². The van der Waals surface area contributed by atoms with Gasteiger partial charge in [0.05, 0.1) is 24.7 Å². The highest BCUT2D eigenvalue weighted by Gasteiger charge is 2.50. The fourth-order valence-electron chi connectivity index (χ4n) is 5.33. The number of nitrogens with zero attached hydrogens (tertiary/aromatic N) is 6. The predicted molar refractivity (Wildman–Crippen MR) is 116 cm³/mol. The van der Waals surface area contributed by atoms with Crippen LogP contribution in [0.25, 0.3) is 11.3 Å². The molecule has 0 bridgehead atoms. The quantitative estimate of drug-likeness (QED) is 0.714. The Balaban J connectivity index is 0.00000231. The summed E-state index contributed by atoms with van der Waals surface area (Å²) in [5.74, 6) is 0.445. The summed E-state index contributed by atoms with van der Waals surface area (Å²) in [6.45, 7) is 8.76. The van der Waals surface area contributed by atoms with E-state index in [1.54, 1.807) is 18.6 Å². The molecule has 2 N–H and O–H groups in total. The second kappa shape index (κ2) is 9.12. The van der Waals surface area contributed by atoms with Crippen LogP contribution in [0.5, 0.6) is 0 Å². The lowest BCUT2D eigenvalue weighted by atomic mass is 9.64. The highest BCUT2D eigenvalue weighted by molar-refractivity contribution is 5.72. The van der Waals surface area contributed by atoms with Gasteiger partial charge in [-0.05, 0) is 37.7 Å². The maximum atomic E-state index is 13.9. The Morgan fingerprint density at radius 2 is 1.90 bits per heavy atom. The van der Waals surface area contributed by atoms with E-state index in [1.807, 2.05) is 0 Å². The number of piperazine rings is 1. The number of halogens is 1. The molecule has 5 rings (SSSR count). The normalized spacial score (nSPS) is 26.6. The molecule has 0 unspecified atom stereocenters. The summed E-state index contributed by atoms with van der Waals surface area (Å²) in [5.41, 5.74) is 1.83. The van der Waals surface area contributed by atoms with E-state index >= 15 is 0 Å². The third-order valence-electron chi connectivity index (χ3n) is 6.85. The van der Waals surface area contributed by atoms with Crippen LogP contribution >= 0.6 is 0 Å². The van der Waals surface area contributed by atoms with Gasteiger partial charge in [-0.1, -0.05) is 0 Å².